The van der Waals surface area contributed by atoms with Gasteiger partial charge in [0.15, 0.2) is 6.10 Å². The van der Waals surface area contributed by atoms with Crippen LogP contribution in [0.15, 0.2) is 134 Å². The molecular weight excluding hydrogens is 762 g/mol. The van der Waals surface area contributed by atoms with Crippen molar-refractivity contribution in [3.63, 3.8) is 0 Å². The Hall–Kier alpha value is -3.85. The topological polar surface area (TPSA) is 134 Å². The van der Waals surface area contributed by atoms with Gasteiger partial charge in [0.2, 0.25) is 0 Å². The molecular formula is C49H76NO8P. The summed E-state index contributed by atoms with van der Waals surface area (Å²) in [6, 6.07) is 0. The number of hydrogen-bond donors (Lipinski definition) is 2. The first-order valence-corrected chi connectivity index (χ1v) is 23.2. The molecule has 0 bridgehead atoms. The summed E-state index contributed by atoms with van der Waals surface area (Å²) in [5, 5.41) is 0. The maximum absolute atomic E-state index is 12.6. The fraction of sp³-hybridized carbons (Fsp3) is 0.510. The summed E-state index contributed by atoms with van der Waals surface area (Å²) in [7, 11) is -4.41. The smallest absolute Gasteiger partial charge is 0.462 e. The fourth-order valence-electron chi connectivity index (χ4n) is 4.91. The van der Waals surface area contributed by atoms with Crippen LogP contribution in [0.3, 0.4) is 0 Å². The first kappa shape index (κ1) is 55.2. The van der Waals surface area contributed by atoms with Crippen LogP contribution in [-0.4, -0.2) is 49.3 Å². The van der Waals surface area contributed by atoms with E-state index in [4.69, 9.17) is 24.3 Å². The van der Waals surface area contributed by atoms with Gasteiger partial charge in [-0.2, -0.15) is 0 Å². The maximum atomic E-state index is 12.6. The number of ether oxygens (including phenoxy) is 2. The highest BCUT2D eigenvalue weighted by atomic mass is 31.2. The standard InChI is InChI=1S/C49H76NO8P/c1-3-5-7-9-11-13-15-17-19-20-21-22-23-24-25-26-28-30-32-34-36-38-40-42-49(52)58-47(46-57-59(53,54)56-44-43-50)45-55-48(51)41-39-37-35-33-31-29-27-18-16-14-12-10-8-6-4-2/h5-8,11-14,17-19,21-22,24-25,27-28,30-31,33-34,36,47H,3-4,9-10,15-16,20,23,26,29,32,35,37-46,50H2,1-2H3,(H,53,54)/b7-5-,8-6-,13-11-,14-12-,19-17-,22-21-,25-24-,27-18-,30-28-,33-31-,36-34-. The van der Waals surface area contributed by atoms with Crippen molar-refractivity contribution in [1.82, 2.24) is 0 Å². The summed E-state index contributed by atoms with van der Waals surface area (Å²) in [6.07, 6.45) is 60.7. The average molecular weight is 838 g/mol. The minimum atomic E-state index is -4.41. The van der Waals surface area contributed by atoms with Crippen LogP contribution in [0.5, 0.6) is 0 Å². The minimum Gasteiger partial charge on any atom is -0.462 e. The van der Waals surface area contributed by atoms with Crippen molar-refractivity contribution in [1.29, 1.82) is 0 Å². The van der Waals surface area contributed by atoms with E-state index < -0.39 is 32.5 Å². The number of hydrogen-bond acceptors (Lipinski definition) is 8. The quantitative estimate of drug-likeness (QED) is 0.0270. The van der Waals surface area contributed by atoms with E-state index in [1.165, 1.54) is 0 Å². The molecule has 0 aromatic rings. The summed E-state index contributed by atoms with van der Waals surface area (Å²) in [5.41, 5.74) is 5.34. The maximum Gasteiger partial charge on any atom is 0.472 e. The van der Waals surface area contributed by atoms with Crippen molar-refractivity contribution in [2.45, 2.75) is 136 Å². The van der Waals surface area contributed by atoms with Crippen molar-refractivity contribution in [2.24, 2.45) is 5.73 Å². The monoisotopic (exact) mass is 838 g/mol. The van der Waals surface area contributed by atoms with Crippen LogP contribution in [0.25, 0.3) is 0 Å². The fourth-order valence-corrected chi connectivity index (χ4v) is 5.67. The highest BCUT2D eigenvalue weighted by molar-refractivity contribution is 7.47. The molecule has 0 aromatic heterocycles. The molecule has 0 amide bonds. The van der Waals surface area contributed by atoms with Crippen LogP contribution in [0.1, 0.15) is 129 Å². The molecule has 0 saturated heterocycles. The largest absolute Gasteiger partial charge is 0.472 e. The first-order valence-electron chi connectivity index (χ1n) is 21.7. The molecule has 0 aromatic carbocycles. The van der Waals surface area contributed by atoms with E-state index >= 15 is 0 Å². The zero-order valence-corrected chi connectivity index (χ0v) is 37.1. The van der Waals surface area contributed by atoms with Gasteiger partial charge in [-0.3, -0.25) is 18.6 Å². The van der Waals surface area contributed by atoms with E-state index in [0.717, 1.165) is 83.5 Å². The van der Waals surface area contributed by atoms with Crippen molar-refractivity contribution in [2.75, 3.05) is 26.4 Å². The Morgan fingerprint density at radius 1 is 0.508 bits per heavy atom. The molecule has 0 fully saturated rings. The van der Waals surface area contributed by atoms with E-state index in [1.54, 1.807) is 0 Å². The predicted octanol–water partition coefficient (Wildman–Crippen LogP) is 12.7. The summed E-state index contributed by atoms with van der Waals surface area (Å²) >= 11 is 0. The second-order valence-electron chi connectivity index (χ2n) is 13.4. The van der Waals surface area contributed by atoms with E-state index in [1.807, 2.05) is 6.08 Å². The number of allylic oxidation sites excluding steroid dienone is 22. The molecule has 9 nitrogen and oxygen atoms in total. The summed E-state index contributed by atoms with van der Waals surface area (Å²) in [5.74, 6) is -0.964. The molecule has 0 spiro atoms. The summed E-state index contributed by atoms with van der Waals surface area (Å²) < 4.78 is 32.7. The molecule has 59 heavy (non-hydrogen) atoms. The van der Waals surface area contributed by atoms with Gasteiger partial charge in [-0.1, -0.05) is 148 Å². The number of esters is 2. The molecule has 10 heteroatoms. The van der Waals surface area contributed by atoms with Gasteiger partial charge in [0.1, 0.15) is 6.61 Å². The number of unbranched alkanes of at least 4 members (excludes halogenated alkanes) is 3. The number of carbonyl (C=O) groups excluding carboxylic acids is 2. The van der Waals surface area contributed by atoms with Crippen molar-refractivity contribution < 1.29 is 37.6 Å². The highest BCUT2D eigenvalue weighted by Crippen LogP contribution is 2.43. The molecule has 0 saturated carbocycles. The third kappa shape index (κ3) is 43.6. The Balaban J connectivity index is 4.36. The van der Waals surface area contributed by atoms with Gasteiger partial charge in [-0.05, 0) is 103 Å². The number of phosphoric ester groups is 1. The first-order chi connectivity index (χ1) is 28.8. The second kappa shape index (κ2) is 43.7. The van der Waals surface area contributed by atoms with Gasteiger partial charge in [0, 0.05) is 19.4 Å². The zero-order valence-electron chi connectivity index (χ0n) is 36.2. The van der Waals surface area contributed by atoms with Crippen LogP contribution in [0.4, 0.5) is 0 Å². The Morgan fingerprint density at radius 3 is 1.29 bits per heavy atom. The Bertz CT molecular complexity index is 1420. The van der Waals surface area contributed by atoms with E-state index in [9.17, 15) is 19.0 Å². The van der Waals surface area contributed by atoms with Crippen LogP contribution in [0, 0.1) is 0 Å². The lowest BCUT2D eigenvalue weighted by atomic mass is 10.2. The van der Waals surface area contributed by atoms with E-state index in [-0.39, 0.29) is 32.6 Å². The molecule has 2 atom stereocenters. The van der Waals surface area contributed by atoms with Crippen molar-refractivity contribution in [3.05, 3.63) is 134 Å². The number of phosphoric acid groups is 1. The molecule has 2 unspecified atom stereocenters. The highest BCUT2D eigenvalue weighted by Gasteiger charge is 2.25. The lowest BCUT2D eigenvalue weighted by Crippen LogP contribution is -2.29. The van der Waals surface area contributed by atoms with Gasteiger partial charge in [0.05, 0.1) is 13.2 Å². The third-order valence-electron chi connectivity index (χ3n) is 8.03. The second-order valence-corrected chi connectivity index (χ2v) is 14.9. The van der Waals surface area contributed by atoms with Gasteiger partial charge in [-0.25, -0.2) is 4.57 Å². The Labute approximate surface area is 357 Å². The average Bonchev–Trinajstić information content (AvgIpc) is 3.22. The third-order valence-corrected chi connectivity index (χ3v) is 9.02. The van der Waals surface area contributed by atoms with Crippen LogP contribution in [-0.2, 0) is 32.7 Å². The van der Waals surface area contributed by atoms with Crippen LogP contribution in [0.2, 0.25) is 0 Å². The lowest BCUT2D eigenvalue weighted by molar-refractivity contribution is -0.161. The molecule has 0 aliphatic heterocycles. The van der Waals surface area contributed by atoms with Gasteiger partial charge in [-0.15, -0.1) is 0 Å². The summed E-state index contributed by atoms with van der Waals surface area (Å²) in [4.78, 5) is 34.8. The number of rotatable bonds is 38. The summed E-state index contributed by atoms with van der Waals surface area (Å²) in [6.45, 7) is 3.34. The van der Waals surface area contributed by atoms with Gasteiger partial charge in [0.25, 0.3) is 0 Å². The SMILES string of the molecule is CC/C=C\C/C=C\C/C=C\C/C=C\C/C=C\C/C=C\C/C=C\CCCC(=O)OC(COC(=O)CCCC/C=C\C/C=C\C/C=C\C/C=C\CC)COP(=O)(O)OCCN. The van der Waals surface area contributed by atoms with Crippen molar-refractivity contribution in [3.8, 4) is 0 Å². The molecule has 0 aliphatic rings. The normalized spacial score (nSPS) is 14.6. The molecule has 3 N–H and O–H groups in total. The Kier molecular flexibility index (Phi) is 40.9. The molecule has 0 radical (unpaired) electrons. The van der Waals surface area contributed by atoms with Gasteiger partial charge < -0.3 is 20.1 Å². The molecule has 0 heterocycles. The Morgan fingerprint density at radius 2 is 0.881 bits per heavy atom. The van der Waals surface area contributed by atoms with Crippen molar-refractivity contribution >= 4 is 19.8 Å². The van der Waals surface area contributed by atoms with E-state index in [0.29, 0.717) is 19.3 Å². The molecule has 0 rings (SSSR count). The zero-order chi connectivity index (χ0) is 43.2. The van der Waals surface area contributed by atoms with Crippen LogP contribution < -0.4 is 5.73 Å². The molecule has 0 aliphatic carbocycles. The number of nitrogens with two attached hydrogens (primary N) is 1. The van der Waals surface area contributed by atoms with E-state index in [2.05, 4.69) is 141 Å². The lowest BCUT2D eigenvalue weighted by Gasteiger charge is -2.19. The van der Waals surface area contributed by atoms with Gasteiger partial charge >= 0.3 is 19.8 Å². The predicted molar refractivity (Wildman–Crippen MR) is 247 cm³/mol. The minimum absolute atomic E-state index is 0.0298. The molecule has 330 valence electrons. The van der Waals surface area contributed by atoms with Crippen LogP contribution >= 0.6 is 7.82 Å². The number of carbonyl (C=O) groups is 2.